The summed E-state index contributed by atoms with van der Waals surface area (Å²) in [7, 11) is 0. The van der Waals surface area contributed by atoms with E-state index in [9.17, 15) is 9.59 Å². The van der Waals surface area contributed by atoms with Crippen LogP contribution in [-0.2, 0) is 11.3 Å². The van der Waals surface area contributed by atoms with Gasteiger partial charge in [-0.2, -0.15) is 0 Å². The number of benzene rings is 1. The normalized spacial score (nSPS) is 15.5. The van der Waals surface area contributed by atoms with Crippen molar-refractivity contribution >= 4 is 11.8 Å². The van der Waals surface area contributed by atoms with Crippen molar-refractivity contribution in [1.82, 2.24) is 10.2 Å². The Hall–Kier alpha value is -2.60. The van der Waals surface area contributed by atoms with Crippen molar-refractivity contribution in [3.63, 3.8) is 0 Å². The van der Waals surface area contributed by atoms with E-state index < -0.39 is 0 Å². The number of nitrogens with two attached hydrogens (primary N) is 1. The van der Waals surface area contributed by atoms with Gasteiger partial charge in [-0.25, -0.2) is 0 Å². The lowest BCUT2D eigenvalue weighted by atomic mass is 10.1. The molecule has 1 aliphatic rings. The van der Waals surface area contributed by atoms with Gasteiger partial charge in [0.1, 0.15) is 12.0 Å². The molecule has 2 heterocycles. The second-order valence-corrected chi connectivity index (χ2v) is 5.89. The molecule has 2 aromatic rings. The van der Waals surface area contributed by atoms with Gasteiger partial charge in [-0.3, -0.25) is 9.59 Å². The number of carbonyl (C=O) groups is 2. The second-order valence-electron chi connectivity index (χ2n) is 5.89. The maximum atomic E-state index is 12.5. The summed E-state index contributed by atoms with van der Waals surface area (Å²) < 4.78 is 5.22. The SMILES string of the molecule is NCc1cc(C(=O)NC(CN2CCCC2=O)c2ccccc2)co1. The van der Waals surface area contributed by atoms with Gasteiger partial charge in [0.05, 0.1) is 18.2 Å². The molecule has 0 radical (unpaired) electrons. The molecule has 24 heavy (non-hydrogen) atoms. The van der Waals surface area contributed by atoms with E-state index >= 15 is 0 Å². The first-order valence-corrected chi connectivity index (χ1v) is 8.08. The Balaban J connectivity index is 1.76. The Kier molecular flexibility index (Phi) is 4.96. The van der Waals surface area contributed by atoms with Crippen molar-refractivity contribution in [2.75, 3.05) is 13.1 Å². The molecule has 6 nitrogen and oxygen atoms in total. The number of nitrogens with zero attached hydrogens (tertiary/aromatic N) is 1. The molecule has 1 atom stereocenters. The molecule has 0 spiro atoms. The fourth-order valence-electron chi connectivity index (χ4n) is 2.89. The van der Waals surface area contributed by atoms with E-state index in [0.717, 1.165) is 18.5 Å². The number of rotatable bonds is 6. The number of amides is 2. The number of hydrogen-bond acceptors (Lipinski definition) is 4. The first-order valence-electron chi connectivity index (χ1n) is 8.08. The summed E-state index contributed by atoms with van der Waals surface area (Å²) in [5.41, 5.74) is 6.91. The minimum Gasteiger partial charge on any atom is -0.467 e. The topological polar surface area (TPSA) is 88.6 Å². The lowest BCUT2D eigenvalue weighted by Gasteiger charge is -2.25. The first-order chi connectivity index (χ1) is 11.7. The van der Waals surface area contributed by atoms with Gasteiger partial charge in [-0.05, 0) is 18.1 Å². The number of nitrogens with one attached hydrogen (secondary N) is 1. The molecule has 1 unspecified atom stereocenters. The van der Waals surface area contributed by atoms with Crippen LogP contribution in [0.5, 0.6) is 0 Å². The van der Waals surface area contributed by atoms with Crippen LogP contribution in [0, 0.1) is 0 Å². The monoisotopic (exact) mass is 327 g/mol. The third kappa shape index (κ3) is 3.65. The lowest BCUT2D eigenvalue weighted by molar-refractivity contribution is -0.128. The standard InChI is InChI=1S/C18H21N3O3/c19-10-15-9-14(12-24-15)18(23)20-16(13-5-2-1-3-6-13)11-21-8-4-7-17(21)22/h1-3,5-6,9,12,16H,4,7-8,10-11,19H2,(H,20,23). The Morgan fingerprint density at radius 3 is 2.75 bits per heavy atom. The molecule has 1 aliphatic heterocycles. The zero-order valence-corrected chi connectivity index (χ0v) is 13.4. The number of likely N-dealkylation sites (tertiary alicyclic amines) is 1. The maximum Gasteiger partial charge on any atom is 0.255 e. The van der Waals surface area contributed by atoms with Gasteiger partial charge in [0.2, 0.25) is 5.91 Å². The summed E-state index contributed by atoms with van der Waals surface area (Å²) in [4.78, 5) is 26.2. The average Bonchev–Trinajstić information content (AvgIpc) is 3.24. The molecule has 1 fully saturated rings. The summed E-state index contributed by atoms with van der Waals surface area (Å²) >= 11 is 0. The average molecular weight is 327 g/mol. The summed E-state index contributed by atoms with van der Waals surface area (Å²) in [5.74, 6) is 0.462. The maximum absolute atomic E-state index is 12.5. The molecule has 6 heteroatoms. The van der Waals surface area contributed by atoms with Crippen LogP contribution >= 0.6 is 0 Å². The predicted molar refractivity (Wildman–Crippen MR) is 89.1 cm³/mol. The fraction of sp³-hybridized carbons (Fsp3) is 0.333. The van der Waals surface area contributed by atoms with Crippen LogP contribution in [0.1, 0.15) is 40.6 Å². The smallest absolute Gasteiger partial charge is 0.255 e. The molecule has 1 saturated heterocycles. The van der Waals surface area contributed by atoms with E-state index in [-0.39, 0.29) is 24.4 Å². The molecular formula is C18H21N3O3. The van der Waals surface area contributed by atoms with E-state index in [2.05, 4.69) is 5.32 Å². The molecule has 0 aliphatic carbocycles. The van der Waals surface area contributed by atoms with E-state index in [0.29, 0.717) is 24.3 Å². The Labute approximate surface area is 140 Å². The second kappa shape index (κ2) is 7.31. The number of furan rings is 1. The number of hydrogen-bond donors (Lipinski definition) is 2. The third-order valence-electron chi connectivity index (χ3n) is 4.20. The first kappa shape index (κ1) is 16.3. The van der Waals surface area contributed by atoms with Crippen LogP contribution in [0.3, 0.4) is 0 Å². The Morgan fingerprint density at radius 2 is 2.12 bits per heavy atom. The van der Waals surface area contributed by atoms with Gasteiger partial charge in [0.25, 0.3) is 5.91 Å². The van der Waals surface area contributed by atoms with Crippen LogP contribution in [0.4, 0.5) is 0 Å². The van der Waals surface area contributed by atoms with Crippen molar-refractivity contribution in [2.45, 2.75) is 25.4 Å². The van der Waals surface area contributed by atoms with Crippen molar-refractivity contribution in [3.8, 4) is 0 Å². The van der Waals surface area contributed by atoms with Gasteiger partial charge in [-0.1, -0.05) is 30.3 Å². The van der Waals surface area contributed by atoms with Crippen molar-refractivity contribution < 1.29 is 14.0 Å². The zero-order valence-electron chi connectivity index (χ0n) is 13.4. The highest BCUT2D eigenvalue weighted by molar-refractivity contribution is 5.94. The zero-order chi connectivity index (χ0) is 16.9. The molecule has 3 rings (SSSR count). The predicted octanol–water partition coefficient (Wildman–Crippen LogP) is 1.83. The van der Waals surface area contributed by atoms with Crippen molar-refractivity contribution in [1.29, 1.82) is 0 Å². The highest BCUT2D eigenvalue weighted by atomic mass is 16.3. The largest absolute Gasteiger partial charge is 0.467 e. The molecular weight excluding hydrogens is 306 g/mol. The van der Waals surface area contributed by atoms with Crippen LogP contribution in [0.15, 0.2) is 47.1 Å². The highest BCUT2D eigenvalue weighted by Crippen LogP contribution is 2.19. The summed E-state index contributed by atoms with van der Waals surface area (Å²) in [6.45, 7) is 1.45. The molecule has 3 N–H and O–H groups in total. The lowest BCUT2D eigenvalue weighted by Crippen LogP contribution is -2.38. The molecule has 1 aromatic carbocycles. The van der Waals surface area contributed by atoms with E-state index in [1.54, 1.807) is 11.0 Å². The van der Waals surface area contributed by atoms with Crippen LogP contribution < -0.4 is 11.1 Å². The van der Waals surface area contributed by atoms with Crippen LogP contribution in [0.2, 0.25) is 0 Å². The summed E-state index contributed by atoms with van der Waals surface area (Å²) in [5, 5.41) is 3.00. The fourth-order valence-corrected chi connectivity index (χ4v) is 2.89. The molecule has 0 saturated carbocycles. The van der Waals surface area contributed by atoms with Crippen LogP contribution in [0.25, 0.3) is 0 Å². The van der Waals surface area contributed by atoms with E-state index in [4.69, 9.17) is 10.2 Å². The Morgan fingerprint density at radius 1 is 1.33 bits per heavy atom. The molecule has 126 valence electrons. The van der Waals surface area contributed by atoms with E-state index in [1.807, 2.05) is 30.3 Å². The quantitative estimate of drug-likeness (QED) is 0.847. The number of carbonyl (C=O) groups excluding carboxylic acids is 2. The highest BCUT2D eigenvalue weighted by Gasteiger charge is 2.25. The van der Waals surface area contributed by atoms with Gasteiger partial charge in [0.15, 0.2) is 0 Å². The summed E-state index contributed by atoms with van der Waals surface area (Å²) in [6, 6.07) is 11.0. The minimum atomic E-state index is -0.267. The van der Waals surface area contributed by atoms with Gasteiger partial charge < -0.3 is 20.4 Å². The van der Waals surface area contributed by atoms with Crippen LogP contribution in [-0.4, -0.2) is 29.8 Å². The van der Waals surface area contributed by atoms with Crippen molar-refractivity contribution in [2.24, 2.45) is 5.73 Å². The van der Waals surface area contributed by atoms with Gasteiger partial charge in [-0.15, -0.1) is 0 Å². The third-order valence-corrected chi connectivity index (χ3v) is 4.20. The van der Waals surface area contributed by atoms with Gasteiger partial charge >= 0.3 is 0 Å². The van der Waals surface area contributed by atoms with Crippen molar-refractivity contribution in [3.05, 3.63) is 59.5 Å². The Bertz CT molecular complexity index is 711. The molecule has 2 amide bonds. The summed E-state index contributed by atoms with van der Waals surface area (Å²) in [6.07, 6.45) is 2.85. The molecule has 0 bridgehead atoms. The van der Waals surface area contributed by atoms with Gasteiger partial charge in [0, 0.05) is 19.5 Å². The molecule has 1 aromatic heterocycles. The minimum absolute atomic E-state index is 0.138. The van der Waals surface area contributed by atoms with E-state index in [1.165, 1.54) is 6.26 Å².